The second-order valence-electron chi connectivity index (χ2n) is 4.63. The van der Waals surface area contributed by atoms with E-state index < -0.39 is 0 Å². The first-order chi connectivity index (χ1) is 8.78. The zero-order valence-electron chi connectivity index (χ0n) is 9.90. The number of alkyl halides is 1. The van der Waals surface area contributed by atoms with Crippen molar-refractivity contribution < 1.29 is 0 Å². The summed E-state index contributed by atoms with van der Waals surface area (Å²) in [6, 6.07) is 6.26. The summed E-state index contributed by atoms with van der Waals surface area (Å²) in [5.74, 6) is 4.78. The van der Waals surface area contributed by atoms with Crippen LogP contribution in [0.1, 0.15) is 12.2 Å². The molecule has 1 atom stereocenters. The lowest BCUT2D eigenvalue weighted by molar-refractivity contribution is 0.493. The molecule has 2 heterocycles. The van der Waals surface area contributed by atoms with Crippen LogP contribution in [0.3, 0.4) is 0 Å². The summed E-state index contributed by atoms with van der Waals surface area (Å²) < 4.78 is 3.36. The highest BCUT2D eigenvalue weighted by Crippen LogP contribution is 2.28. The summed E-state index contributed by atoms with van der Waals surface area (Å²) in [4.78, 5) is 4.63. The van der Waals surface area contributed by atoms with Crippen LogP contribution in [0.2, 0.25) is 0 Å². The van der Waals surface area contributed by atoms with Crippen molar-refractivity contribution in [3.05, 3.63) is 28.5 Å². The van der Waals surface area contributed by atoms with Gasteiger partial charge in [-0.2, -0.15) is 11.8 Å². The van der Waals surface area contributed by atoms with Gasteiger partial charge in [-0.3, -0.25) is 0 Å². The molecule has 0 saturated carbocycles. The fourth-order valence-electron chi connectivity index (χ4n) is 2.44. The number of fused-ring (bicyclic) bond motifs is 1. The molecular formula is C13H14BrClN2S. The molecule has 5 heteroatoms. The van der Waals surface area contributed by atoms with E-state index in [2.05, 4.69) is 55.4 Å². The lowest BCUT2D eigenvalue weighted by atomic mass is 10.1. The maximum absolute atomic E-state index is 6.03. The van der Waals surface area contributed by atoms with Gasteiger partial charge in [-0.15, -0.1) is 11.6 Å². The fourth-order valence-corrected chi connectivity index (χ4v) is 4.27. The Morgan fingerprint density at radius 3 is 3.11 bits per heavy atom. The van der Waals surface area contributed by atoms with Crippen molar-refractivity contribution in [2.45, 2.75) is 18.8 Å². The van der Waals surface area contributed by atoms with Crippen molar-refractivity contribution >= 4 is 50.3 Å². The van der Waals surface area contributed by atoms with Gasteiger partial charge in [0.05, 0.1) is 16.9 Å². The Morgan fingerprint density at radius 2 is 2.39 bits per heavy atom. The summed E-state index contributed by atoms with van der Waals surface area (Å²) in [6.07, 6.45) is 1.31. The van der Waals surface area contributed by atoms with Crippen LogP contribution in [-0.2, 0) is 12.4 Å². The molecular weight excluding hydrogens is 332 g/mol. The van der Waals surface area contributed by atoms with Crippen LogP contribution in [0, 0.1) is 5.92 Å². The number of imidazole rings is 1. The predicted molar refractivity (Wildman–Crippen MR) is 82.4 cm³/mol. The first-order valence-electron chi connectivity index (χ1n) is 6.06. The van der Waals surface area contributed by atoms with Crippen molar-refractivity contribution in [3.8, 4) is 0 Å². The summed E-state index contributed by atoms with van der Waals surface area (Å²) in [5.41, 5.74) is 2.23. The first kappa shape index (κ1) is 12.8. The summed E-state index contributed by atoms with van der Waals surface area (Å²) in [6.45, 7) is 1.05. The van der Waals surface area contributed by atoms with Crippen molar-refractivity contribution in [2.75, 3.05) is 11.5 Å². The topological polar surface area (TPSA) is 17.8 Å². The molecule has 2 nitrogen and oxygen atoms in total. The van der Waals surface area contributed by atoms with E-state index in [1.165, 1.54) is 23.4 Å². The molecule has 0 amide bonds. The van der Waals surface area contributed by atoms with E-state index >= 15 is 0 Å². The number of rotatable bonds is 3. The van der Waals surface area contributed by atoms with Gasteiger partial charge in [-0.05, 0) is 42.0 Å². The molecule has 1 aromatic carbocycles. The highest BCUT2D eigenvalue weighted by Gasteiger charge is 2.19. The van der Waals surface area contributed by atoms with E-state index in [9.17, 15) is 0 Å². The third-order valence-electron chi connectivity index (χ3n) is 3.37. The van der Waals surface area contributed by atoms with Crippen LogP contribution in [0.15, 0.2) is 22.7 Å². The van der Waals surface area contributed by atoms with Gasteiger partial charge in [-0.1, -0.05) is 15.9 Å². The number of benzene rings is 1. The largest absolute Gasteiger partial charge is 0.327 e. The highest BCUT2D eigenvalue weighted by molar-refractivity contribution is 9.10. The third kappa shape index (κ3) is 2.43. The van der Waals surface area contributed by atoms with Crippen molar-refractivity contribution in [3.63, 3.8) is 0 Å². The molecule has 3 rings (SSSR count). The van der Waals surface area contributed by atoms with E-state index in [-0.39, 0.29) is 0 Å². The quantitative estimate of drug-likeness (QED) is 0.772. The molecule has 1 aromatic heterocycles. The van der Waals surface area contributed by atoms with Crippen LogP contribution in [0.25, 0.3) is 11.0 Å². The Balaban J connectivity index is 2.01. The van der Waals surface area contributed by atoms with Crippen LogP contribution in [0.4, 0.5) is 0 Å². The molecule has 1 unspecified atom stereocenters. The minimum atomic E-state index is 0.478. The number of aromatic nitrogens is 2. The van der Waals surface area contributed by atoms with Crippen LogP contribution < -0.4 is 0 Å². The average Bonchev–Trinajstić information content (AvgIpc) is 2.97. The molecule has 0 radical (unpaired) electrons. The second kappa shape index (κ2) is 5.43. The average molecular weight is 346 g/mol. The number of hydrogen-bond acceptors (Lipinski definition) is 2. The van der Waals surface area contributed by atoms with Gasteiger partial charge in [0.2, 0.25) is 0 Å². The number of hydrogen-bond donors (Lipinski definition) is 0. The highest BCUT2D eigenvalue weighted by atomic mass is 79.9. The molecule has 1 saturated heterocycles. The molecule has 96 valence electrons. The predicted octanol–water partition coefficient (Wildman–Crippen LogP) is 4.29. The van der Waals surface area contributed by atoms with Gasteiger partial charge in [0.25, 0.3) is 0 Å². The molecule has 1 aliphatic rings. The standard InChI is InChI=1S/C13H14BrClN2S/c14-10-1-2-12-11(5-10)16-13(6-15)17(12)7-9-3-4-18-8-9/h1-2,5,9H,3-4,6-8H2. The normalized spacial score (nSPS) is 19.8. The van der Waals surface area contributed by atoms with Gasteiger partial charge in [0.1, 0.15) is 5.82 Å². The molecule has 1 aliphatic heterocycles. The number of halogens is 2. The maximum atomic E-state index is 6.03. The summed E-state index contributed by atoms with van der Waals surface area (Å²) >= 11 is 11.6. The zero-order chi connectivity index (χ0) is 12.5. The molecule has 0 aliphatic carbocycles. The Hall–Kier alpha value is -0.190. The zero-order valence-corrected chi connectivity index (χ0v) is 13.1. The second-order valence-corrected chi connectivity index (χ2v) is 6.97. The van der Waals surface area contributed by atoms with Crippen LogP contribution >= 0.6 is 39.3 Å². The number of thioether (sulfide) groups is 1. The monoisotopic (exact) mass is 344 g/mol. The van der Waals surface area contributed by atoms with Gasteiger partial charge in [0, 0.05) is 11.0 Å². The van der Waals surface area contributed by atoms with Gasteiger partial charge >= 0.3 is 0 Å². The molecule has 0 N–H and O–H groups in total. The summed E-state index contributed by atoms with van der Waals surface area (Å²) in [5, 5.41) is 0. The van der Waals surface area contributed by atoms with Crippen LogP contribution in [0.5, 0.6) is 0 Å². The minimum Gasteiger partial charge on any atom is -0.327 e. The van der Waals surface area contributed by atoms with E-state index in [0.29, 0.717) is 5.88 Å². The Bertz CT molecular complexity index is 563. The molecule has 2 aromatic rings. The minimum absolute atomic E-state index is 0.478. The Labute approximate surface area is 124 Å². The third-order valence-corrected chi connectivity index (χ3v) is 5.34. The van der Waals surface area contributed by atoms with E-state index in [0.717, 1.165) is 28.3 Å². The fraction of sp³-hybridized carbons (Fsp3) is 0.462. The summed E-state index contributed by atoms with van der Waals surface area (Å²) in [7, 11) is 0. The van der Waals surface area contributed by atoms with E-state index in [4.69, 9.17) is 11.6 Å². The smallest absolute Gasteiger partial charge is 0.124 e. The van der Waals surface area contributed by atoms with Crippen molar-refractivity contribution in [1.29, 1.82) is 0 Å². The number of nitrogens with zero attached hydrogens (tertiary/aromatic N) is 2. The van der Waals surface area contributed by atoms with E-state index in [1.54, 1.807) is 0 Å². The van der Waals surface area contributed by atoms with Crippen LogP contribution in [-0.4, -0.2) is 21.1 Å². The molecule has 1 fully saturated rings. The van der Waals surface area contributed by atoms with Gasteiger partial charge in [0.15, 0.2) is 0 Å². The van der Waals surface area contributed by atoms with E-state index in [1.807, 2.05) is 0 Å². The SMILES string of the molecule is ClCc1nc2cc(Br)ccc2n1CC1CCSC1. The molecule has 0 bridgehead atoms. The Morgan fingerprint density at radius 1 is 1.50 bits per heavy atom. The maximum Gasteiger partial charge on any atom is 0.124 e. The van der Waals surface area contributed by atoms with Crippen molar-refractivity contribution in [2.24, 2.45) is 5.92 Å². The molecule has 0 spiro atoms. The first-order valence-corrected chi connectivity index (χ1v) is 8.54. The van der Waals surface area contributed by atoms with Gasteiger partial charge in [-0.25, -0.2) is 4.98 Å². The lowest BCUT2D eigenvalue weighted by Gasteiger charge is -2.12. The Kier molecular flexibility index (Phi) is 3.87. The molecule has 18 heavy (non-hydrogen) atoms. The van der Waals surface area contributed by atoms with Gasteiger partial charge < -0.3 is 4.57 Å². The van der Waals surface area contributed by atoms with Crippen molar-refractivity contribution in [1.82, 2.24) is 9.55 Å². The lowest BCUT2D eigenvalue weighted by Crippen LogP contribution is -2.12.